The van der Waals surface area contributed by atoms with E-state index in [2.05, 4.69) is 9.71 Å². The van der Waals surface area contributed by atoms with Crippen LogP contribution in [-0.4, -0.2) is 18.0 Å². The van der Waals surface area contributed by atoms with Gasteiger partial charge in [-0.05, 0) is 19.4 Å². The summed E-state index contributed by atoms with van der Waals surface area (Å²) in [6, 6.07) is 1.28. The number of hydrogen-bond acceptors (Lipinski definition) is 5. The van der Waals surface area contributed by atoms with Gasteiger partial charge >= 0.3 is 0 Å². The molecule has 3 N–H and O–H groups in total. The average Bonchev–Trinajstić information content (AvgIpc) is 3.08. The third-order valence-corrected chi connectivity index (χ3v) is 5.56. The normalized spacial score (nSPS) is 13.5. The Morgan fingerprint density at radius 1 is 1.52 bits per heavy atom. The molecule has 21 heavy (non-hydrogen) atoms. The number of aryl methyl sites for hydroxylation is 1. The van der Waals surface area contributed by atoms with Crippen LogP contribution in [-0.2, 0) is 23.1 Å². The van der Waals surface area contributed by atoms with Gasteiger partial charge in [-0.25, -0.2) is 18.1 Å². The molecule has 0 aromatic carbocycles. The van der Waals surface area contributed by atoms with Crippen LogP contribution in [0.1, 0.15) is 37.0 Å². The maximum atomic E-state index is 12.4. The standard InChI is InChI=1S/C13H20N4O2S2/c1-3-5-17-9-12(7-11(17)8-14)21(18,19)16-10(2)13-15-4-6-20-13/h4,6-7,9-10,16H,3,5,8,14H2,1-2H3. The number of hydrogen-bond donors (Lipinski definition) is 2. The predicted molar refractivity (Wildman–Crippen MR) is 83.5 cm³/mol. The third kappa shape index (κ3) is 3.70. The highest BCUT2D eigenvalue weighted by atomic mass is 32.2. The lowest BCUT2D eigenvalue weighted by molar-refractivity contribution is 0.565. The van der Waals surface area contributed by atoms with Crippen LogP contribution in [0.15, 0.2) is 28.7 Å². The van der Waals surface area contributed by atoms with Crippen LogP contribution in [0.3, 0.4) is 0 Å². The van der Waals surface area contributed by atoms with E-state index in [4.69, 9.17) is 5.73 Å². The molecule has 0 radical (unpaired) electrons. The number of thiazole rings is 1. The van der Waals surface area contributed by atoms with Gasteiger partial charge in [0.15, 0.2) is 0 Å². The van der Waals surface area contributed by atoms with E-state index >= 15 is 0 Å². The van der Waals surface area contributed by atoms with Crippen molar-refractivity contribution in [1.29, 1.82) is 0 Å². The molecule has 8 heteroatoms. The Kier molecular flexibility index (Phi) is 5.15. The topological polar surface area (TPSA) is 90.0 Å². The van der Waals surface area contributed by atoms with Gasteiger partial charge < -0.3 is 10.3 Å². The molecular formula is C13H20N4O2S2. The molecular weight excluding hydrogens is 308 g/mol. The quantitative estimate of drug-likeness (QED) is 0.811. The minimum absolute atomic E-state index is 0.250. The first-order valence-corrected chi connectivity index (χ1v) is 9.15. The van der Waals surface area contributed by atoms with Gasteiger partial charge in [0, 0.05) is 36.6 Å². The maximum Gasteiger partial charge on any atom is 0.242 e. The molecule has 116 valence electrons. The van der Waals surface area contributed by atoms with Crippen molar-refractivity contribution >= 4 is 21.4 Å². The van der Waals surface area contributed by atoms with Crippen molar-refractivity contribution in [1.82, 2.24) is 14.3 Å². The Morgan fingerprint density at radius 2 is 2.29 bits per heavy atom. The zero-order chi connectivity index (χ0) is 15.5. The van der Waals surface area contributed by atoms with Crippen molar-refractivity contribution in [2.45, 2.75) is 44.3 Å². The van der Waals surface area contributed by atoms with Crippen molar-refractivity contribution in [2.75, 3.05) is 0 Å². The Bertz CT molecular complexity index is 677. The molecule has 6 nitrogen and oxygen atoms in total. The summed E-state index contributed by atoms with van der Waals surface area (Å²) in [7, 11) is -3.58. The molecule has 2 aromatic rings. The fourth-order valence-corrected chi connectivity index (χ4v) is 4.08. The first kappa shape index (κ1) is 16.2. The monoisotopic (exact) mass is 328 g/mol. The number of sulfonamides is 1. The molecule has 2 rings (SSSR count). The van der Waals surface area contributed by atoms with Crippen molar-refractivity contribution in [2.24, 2.45) is 5.73 Å². The molecule has 0 aliphatic heterocycles. The van der Waals surface area contributed by atoms with Crippen LogP contribution < -0.4 is 10.5 Å². The second kappa shape index (κ2) is 6.69. The first-order chi connectivity index (χ1) is 9.97. The van der Waals surface area contributed by atoms with Crippen LogP contribution in [0.25, 0.3) is 0 Å². The summed E-state index contributed by atoms with van der Waals surface area (Å²) in [6.07, 6.45) is 4.22. The average molecular weight is 328 g/mol. The zero-order valence-corrected chi connectivity index (χ0v) is 13.7. The Labute approximate surface area is 129 Å². The van der Waals surface area contributed by atoms with Crippen molar-refractivity contribution in [3.63, 3.8) is 0 Å². The molecule has 0 saturated heterocycles. The maximum absolute atomic E-state index is 12.4. The van der Waals surface area contributed by atoms with Gasteiger partial charge in [-0.1, -0.05) is 6.92 Å². The van der Waals surface area contributed by atoms with Crippen molar-refractivity contribution in [3.05, 3.63) is 34.5 Å². The minimum Gasteiger partial charge on any atom is -0.349 e. The van der Waals surface area contributed by atoms with E-state index in [-0.39, 0.29) is 10.9 Å². The second-order valence-corrected chi connectivity index (χ2v) is 7.42. The summed E-state index contributed by atoms with van der Waals surface area (Å²) in [5.74, 6) is 0. The SMILES string of the molecule is CCCn1cc(S(=O)(=O)NC(C)c2nccs2)cc1CN. The van der Waals surface area contributed by atoms with Crippen LogP contribution in [0, 0.1) is 0 Å². The highest BCUT2D eigenvalue weighted by molar-refractivity contribution is 7.89. The molecule has 2 aromatic heterocycles. The summed E-state index contributed by atoms with van der Waals surface area (Å²) in [6.45, 7) is 4.89. The smallest absolute Gasteiger partial charge is 0.242 e. The van der Waals surface area contributed by atoms with Crippen molar-refractivity contribution in [3.8, 4) is 0 Å². The summed E-state index contributed by atoms with van der Waals surface area (Å²) in [4.78, 5) is 4.38. The molecule has 1 unspecified atom stereocenters. The van der Waals surface area contributed by atoms with E-state index < -0.39 is 10.0 Å². The molecule has 0 amide bonds. The summed E-state index contributed by atoms with van der Waals surface area (Å²) < 4.78 is 29.4. The fourth-order valence-electron chi connectivity index (χ4n) is 2.09. The fraction of sp³-hybridized carbons (Fsp3) is 0.462. The van der Waals surface area contributed by atoms with Gasteiger partial charge in [0.1, 0.15) is 5.01 Å². The Hall–Kier alpha value is -1.22. The number of nitrogens with one attached hydrogen (secondary N) is 1. The zero-order valence-electron chi connectivity index (χ0n) is 12.1. The molecule has 2 heterocycles. The first-order valence-electron chi connectivity index (χ1n) is 6.78. The van der Waals surface area contributed by atoms with Crippen LogP contribution in [0.4, 0.5) is 0 Å². The van der Waals surface area contributed by atoms with E-state index in [1.165, 1.54) is 11.3 Å². The van der Waals surface area contributed by atoms with Gasteiger partial charge in [0.25, 0.3) is 0 Å². The summed E-state index contributed by atoms with van der Waals surface area (Å²) >= 11 is 1.42. The van der Waals surface area contributed by atoms with E-state index in [9.17, 15) is 8.42 Å². The van der Waals surface area contributed by atoms with Crippen molar-refractivity contribution < 1.29 is 8.42 Å². The van der Waals surface area contributed by atoms with Gasteiger partial charge in [0.05, 0.1) is 10.9 Å². The largest absolute Gasteiger partial charge is 0.349 e. The third-order valence-electron chi connectivity index (χ3n) is 3.10. The van der Waals surface area contributed by atoms with E-state index in [1.54, 1.807) is 25.4 Å². The number of nitrogens with zero attached hydrogens (tertiary/aromatic N) is 2. The molecule has 0 bridgehead atoms. The lowest BCUT2D eigenvalue weighted by Gasteiger charge is -2.10. The number of aromatic nitrogens is 2. The lowest BCUT2D eigenvalue weighted by Crippen LogP contribution is -2.26. The molecule has 0 aliphatic rings. The van der Waals surface area contributed by atoms with Crippen LogP contribution in [0.5, 0.6) is 0 Å². The van der Waals surface area contributed by atoms with E-state index in [1.807, 2.05) is 16.9 Å². The highest BCUT2D eigenvalue weighted by Crippen LogP contribution is 2.20. The predicted octanol–water partition coefficient (Wildman–Crippen LogP) is 1.85. The number of nitrogens with two attached hydrogens (primary N) is 1. The summed E-state index contributed by atoms with van der Waals surface area (Å²) in [5.41, 5.74) is 6.49. The molecule has 0 fully saturated rings. The van der Waals surface area contributed by atoms with Crippen LogP contribution >= 0.6 is 11.3 Å². The Morgan fingerprint density at radius 3 is 2.86 bits per heavy atom. The second-order valence-electron chi connectivity index (χ2n) is 4.78. The van der Waals surface area contributed by atoms with Crippen LogP contribution in [0.2, 0.25) is 0 Å². The van der Waals surface area contributed by atoms with E-state index in [0.717, 1.165) is 23.7 Å². The van der Waals surface area contributed by atoms with Gasteiger partial charge in [-0.2, -0.15) is 0 Å². The van der Waals surface area contributed by atoms with Gasteiger partial charge in [0.2, 0.25) is 10.0 Å². The molecule has 1 atom stereocenters. The molecule has 0 aliphatic carbocycles. The highest BCUT2D eigenvalue weighted by Gasteiger charge is 2.22. The van der Waals surface area contributed by atoms with Gasteiger partial charge in [-0.3, -0.25) is 0 Å². The van der Waals surface area contributed by atoms with E-state index in [0.29, 0.717) is 6.54 Å². The summed E-state index contributed by atoms with van der Waals surface area (Å²) in [5, 5.41) is 2.57. The lowest BCUT2D eigenvalue weighted by atomic mass is 10.4. The van der Waals surface area contributed by atoms with Gasteiger partial charge in [-0.15, -0.1) is 11.3 Å². The minimum atomic E-state index is -3.58. The molecule has 0 spiro atoms. The number of rotatable bonds is 7. The molecule has 0 saturated carbocycles. The Balaban J connectivity index is 2.23.